The lowest BCUT2D eigenvalue weighted by molar-refractivity contribution is -0.663. The van der Waals surface area contributed by atoms with Crippen LogP contribution >= 0.6 is 0 Å². The fourth-order valence-electron chi connectivity index (χ4n) is 5.16. The number of nitrogens with zero attached hydrogens (tertiary/aromatic N) is 1. The summed E-state index contributed by atoms with van der Waals surface area (Å²) in [4.78, 5) is 0. The monoisotopic (exact) mass is 401 g/mol. The highest BCUT2D eigenvalue weighted by molar-refractivity contribution is 5.87. The number of benzene rings is 3. The van der Waals surface area contributed by atoms with E-state index in [2.05, 4.69) is 108 Å². The Morgan fingerprint density at radius 1 is 0.742 bits per heavy atom. The van der Waals surface area contributed by atoms with Crippen molar-refractivity contribution in [1.82, 2.24) is 0 Å². The van der Waals surface area contributed by atoms with Crippen LogP contribution in [0.5, 0.6) is 0 Å². The number of para-hydroxylation sites is 1. The van der Waals surface area contributed by atoms with Crippen LogP contribution in [-0.4, -0.2) is 0 Å². The molecule has 0 saturated heterocycles. The summed E-state index contributed by atoms with van der Waals surface area (Å²) in [7, 11) is 2.22. The molecule has 2 nitrogen and oxygen atoms in total. The maximum atomic E-state index is 3.81. The zero-order valence-electron chi connectivity index (χ0n) is 17.7. The Balaban J connectivity index is 1.62. The van der Waals surface area contributed by atoms with Crippen molar-refractivity contribution in [1.29, 1.82) is 0 Å². The van der Waals surface area contributed by atoms with Crippen LogP contribution in [-0.2, 0) is 19.9 Å². The van der Waals surface area contributed by atoms with E-state index in [1.165, 1.54) is 56.2 Å². The maximum absolute atomic E-state index is 3.81. The fraction of sp³-hybridized carbons (Fsp3) is 0.138. The normalized spacial score (nSPS) is 14.4. The molecule has 0 amide bonds. The zero-order valence-corrected chi connectivity index (χ0v) is 17.7. The van der Waals surface area contributed by atoms with Crippen molar-refractivity contribution in [2.24, 2.45) is 7.05 Å². The van der Waals surface area contributed by atoms with Gasteiger partial charge in [0, 0.05) is 22.9 Å². The standard InChI is InChI=1S/C29H25N2/c1-31-27(21-12-6-3-7-13-21)19-25(20-10-4-2-5-11-20)24-17-16-23-18-22-14-8-9-15-26(22)30-28(23)29(24)31/h2-15,19,30H,16-18H2,1H3/q+1. The van der Waals surface area contributed by atoms with E-state index in [9.17, 15) is 0 Å². The first-order valence-electron chi connectivity index (χ1n) is 11.0. The number of aromatic nitrogens is 1. The molecular formula is C29H25N2+. The fourth-order valence-corrected chi connectivity index (χ4v) is 5.16. The third-order valence-electron chi connectivity index (χ3n) is 6.69. The molecule has 2 heteroatoms. The predicted octanol–water partition coefficient (Wildman–Crippen LogP) is 6.17. The van der Waals surface area contributed by atoms with E-state index in [-0.39, 0.29) is 0 Å². The molecule has 0 spiro atoms. The summed E-state index contributed by atoms with van der Waals surface area (Å²) in [5, 5.41) is 3.81. The number of pyridine rings is 1. The molecule has 150 valence electrons. The minimum atomic E-state index is 1.04. The van der Waals surface area contributed by atoms with Crippen LogP contribution in [0.1, 0.15) is 23.2 Å². The van der Waals surface area contributed by atoms with Gasteiger partial charge in [0.2, 0.25) is 11.4 Å². The van der Waals surface area contributed by atoms with E-state index in [0.29, 0.717) is 0 Å². The topological polar surface area (TPSA) is 15.9 Å². The van der Waals surface area contributed by atoms with Crippen molar-refractivity contribution in [3.63, 3.8) is 0 Å². The first-order valence-corrected chi connectivity index (χ1v) is 11.0. The van der Waals surface area contributed by atoms with E-state index < -0.39 is 0 Å². The minimum Gasteiger partial charge on any atom is -0.350 e. The molecule has 1 aliphatic heterocycles. The highest BCUT2D eigenvalue weighted by Crippen LogP contribution is 2.41. The summed E-state index contributed by atoms with van der Waals surface area (Å²) in [5.41, 5.74) is 13.4. The summed E-state index contributed by atoms with van der Waals surface area (Å²) in [6.07, 6.45) is 3.22. The highest BCUT2D eigenvalue weighted by Gasteiger charge is 2.34. The van der Waals surface area contributed by atoms with Gasteiger partial charge in [0.15, 0.2) is 0 Å². The first-order chi connectivity index (χ1) is 15.3. The van der Waals surface area contributed by atoms with Gasteiger partial charge in [-0.15, -0.1) is 0 Å². The van der Waals surface area contributed by atoms with Crippen LogP contribution in [0.15, 0.2) is 96.6 Å². The molecule has 0 fully saturated rings. The molecule has 31 heavy (non-hydrogen) atoms. The largest absolute Gasteiger partial charge is 0.350 e. The lowest BCUT2D eigenvalue weighted by Crippen LogP contribution is -2.40. The molecular weight excluding hydrogens is 376 g/mol. The van der Waals surface area contributed by atoms with E-state index in [1.807, 2.05) is 0 Å². The van der Waals surface area contributed by atoms with Crippen LogP contribution in [0, 0.1) is 0 Å². The van der Waals surface area contributed by atoms with Gasteiger partial charge in [-0.2, -0.15) is 4.57 Å². The lowest BCUT2D eigenvalue weighted by atomic mass is 9.82. The molecule has 0 atom stereocenters. The number of rotatable bonds is 2. The lowest BCUT2D eigenvalue weighted by Gasteiger charge is -2.29. The first kappa shape index (κ1) is 18.1. The number of anilines is 1. The molecule has 1 aromatic heterocycles. The third kappa shape index (κ3) is 2.98. The minimum absolute atomic E-state index is 1.04. The van der Waals surface area contributed by atoms with Crippen molar-refractivity contribution < 1.29 is 4.57 Å². The molecule has 0 radical (unpaired) electrons. The van der Waals surface area contributed by atoms with Crippen LogP contribution in [0.3, 0.4) is 0 Å². The molecule has 2 heterocycles. The van der Waals surface area contributed by atoms with E-state index in [1.54, 1.807) is 0 Å². The van der Waals surface area contributed by atoms with Crippen molar-refractivity contribution in [2.75, 3.05) is 5.32 Å². The summed E-state index contributed by atoms with van der Waals surface area (Å²) in [6, 6.07) is 32.7. The Labute approximate surface area is 183 Å². The van der Waals surface area contributed by atoms with E-state index in [0.717, 1.165) is 19.3 Å². The van der Waals surface area contributed by atoms with Gasteiger partial charge in [0.1, 0.15) is 12.7 Å². The van der Waals surface area contributed by atoms with Crippen LogP contribution in [0.2, 0.25) is 0 Å². The Kier molecular flexibility index (Phi) is 4.24. The highest BCUT2D eigenvalue weighted by atomic mass is 15.0. The van der Waals surface area contributed by atoms with Gasteiger partial charge < -0.3 is 5.32 Å². The number of fused-ring (bicyclic) bond motifs is 3. The Hall–Kier alpha value is -3.65. The third-order valence-corrected chi connectivity index (χ3v) is 6.69. The van der Waals surface area contributed by atoms with Gasteiger partial charge in [0.25, 0.3) is 0 Å². The second kappa shape index (κ2) is 7.24. The Bertz CT molecular complexity index is 1320. The molecule has 6 rings (SSSR count). The SMILES string of the molecule is C[n+]1c(-c2ccccc2)cc(-c2ccccc2)c2c1C1=C(CC2)Cc2ccccc2N1. The average Bonchev–Trinajstić information content (AvgIpc) is 2.84. The van der Waals surface area contributed by atoms with Crippen molar-refractivity contribution in [3.05, 3.63) is 113 Å². The predicted molar refractivity (Wildman–Crippen MR) is 127 cm³/mol. The van der Waals surface area contributed by atoms with Crippen LogP contribution < -0.4 is 9.88 Å². The van der Waals surface area contributed by atoms with Crippen molar-refractivity contribution in [2.45, 2.75) is 19.3 Å². The Morgan fingerprint density at radius 3 is 2.19 bits per heavy atom. The van der Waals surface area contributed by atoms with Gasteiger partial charge in [-0.1, -0.05) is 66.7 Å². The van der Waals surface area contributed by atoms with E-state index >= 15 is 0 Å². The zero-order chi connectivity index (χ0) is 20.8. The summed E-state index contributed by atoms with van der Waals surface area (Å²) in [6.45, 7) is 0. The number of hydrogen-bond donors (Lipinski definition) is 1. The van der Waals surface area contributed by atoms with Gasteiger partial charge >= 0.3 is 0 Å². The molecule has 0 unspecified atom stereocenters. The van der Waals surface area contributed by atoms with Crippen molar-refractivity contribution in [3.8, 4) is 22.4 Å². The molecule has 1 N–H and O–H groups in total. The molecule has 0 bridgehead atoms. The molecule has 0 saturated carbocycles. The molecule has 1 aliphatic carbocycles. The second-order valence-corrected chi connectivity index (χ2v) is 8.50. The van der Waals surface area contributed by atoms with Crippen LogP contribution in [0.25, 0.3) is 28.1 Å². The smallest absolute Gasteiger partial charge is 0.233 e. The molecule has 3 aromatic carbocycles. The molecule has 2 aliphatic rings. The van der Waals surface area contributed by atoms with E-state index in [4.69, 9.17) is 0 Å². The Morgan fingerprint density at radius 2 is 1.42 bits per heavy atom. The average molecular weight is 402 g/mol. The number of nitrogens with one attached hydrogen (secondary N) is 1. The second-order valence-electron chi connectivity index (χ2n) is 8.50. The summed E-state index contributed by atoms with van der Waals surface area (Å²) >= 11 is 0. The van der Waals surface area contributed by atoms with Crippen molar-refractivity contribution >= 4 is 11.4 Å². The molecule has 4 aromatic rings. The number of hydrogen-bond acceptors (Lipinski definition) is 1. The quantitative estimate of drug-likeness (QED) is 0.397. The maximum Gasteiger partial charge on any atom is 0.233 e. The van der Waals surface area contributed by atoms with Gasteiger partial charge in [-0.05, 0) is 59.7 Å². The summed E-state index contributed by atoms with van der Waals surface area (Å²) in [5.74, 6) is 0. The number of allylic oxidation sites excluding steroid dienone is 1. The van der Waals surface area contributed by atoms with Crippen LogP contribution in [0.4, 0.5) is 5.69 Å². The van der Waals surface area contributed by atoms with Gasteiger partial charge in [0.05, 0.1) is 0 Å². The summed E-state index contributed by atoms with van der Waals surface area (Å²) < 4.78 is 2.40. The van der Waals surface area contributed by atoms with Gasteiger partial charge in [-0.3, -0.25) is 0 Å². The van der Waals surface area contributed by atoms with Gasteiger partial charge in [-0.25, -0.2) is 0 Å².